The van der Waals surface area contributed by atoms with Crippen molar-refractivity contribution >= 4 is 28.8 Å². The largest absolute Gasteiger partial charge is 0.496 e. The first kappa shape index (κ1) is 20.4. The quantitative estimate of drug-likeness (QED) is 0.588. The summed E-state index contributed by atoms with van der Waals surface area (Å²) in [7, 11) is 4.71. The Balaban J connectivity index is 1.66. The molecule has 2 aromatic heterocycles. The smallest absolute Gasteiger partial charge is 0.219 e. The fraction of sp³-hybridized carbons (Fsp3) is 0.318. The van der Waals surface area contributed by atoms with E-state index in [1.165, 1.54) is 4.88 Å². The number of thiophene rings is 1. The molecule has 1 aromatic carbocycles. The van der Waals surface area contributed by atoms with Crippen LogP contribution in [0.3, 0.4) is 0 Å². The molecule has 2 aliphatic rings. The number of allylic oxidation sites excluding steroid dienone is 1. The lowest BCUT2D eigenvalue weighted by Gasteiger charge is -2.30. The maximum atomic E-state index is 13.5. The highest BCUT2D eigenvalue weighted by Gasteiger charge is 2.39. The molecule has 1 aliphatic heterocycles. The van der Waals surface area contributed by atoms with E-state index in [0.29, 0.717) is 47.3 Å². The molecule has 1 aliphatic carbocycles. The molecule has 166 valence electrons. The number of benzene rings is 1. The number of aromatic nitrogens is 2. The molecule has 0 radical (unpaired) electrons. The Morgan fingerprint density at radius 3 is 2.50 bits per heavy atom. The molecule has 5 rings (SSSR count). The highest BCUT2D eigenvalue weighted by molar-refractivity contribution is 7.10. The zero-order chi connectivity index (χ0) is 22.2. The number of Topliss-reactive ketones (excluding diaryl/α,β-unsaturated/α-hetero) is 1. The van der Waals surface area contributed by atoms with Gasteiger partial charge in [-0.15, -0.1) is 11.3 Å². The number of rotatable bonds is 5. The van der Waals surface area contributed by atoms with Crippen molar-refractivity contribution < 1.29 is 23.6 Å². The first-order valence-corrected chi connectivity index (χ1v) is 11.0. The zero-order valence-corrected chi connectivity index (χ0v) is 18.6. The lowest BCUT2D eigenvalue weighted by molar-refractivity contribution is -0.116. The molecule has 3 heterocycles. The average molecular weight is 455 g/mol. The number of anilines is 2. The van der Waals surface area contributed by atoms with Gasteiger partial charge in [0.1, 0.15) is 5.75 Å². The van der Waals surface area contributed by atoms with Gasteiger partial charge in [0.25, 0.3) is 0 Å². The highest BCUT2D eigenvalue weighted by atomic mass is 32.1. The number of hydrogen-bond donors (Lipinski definition) is 2. The van der Waals surface area contributed by atoms with Crippen LogP contribution in [0.1, 0.15) is 35.2 Å². The summed E-state index contributed by atoms with van der Waals surface area (Å²) < 4.78 is 21.5. The van der Waals surface area contributed by atoms with Crippen LogP contribution in [0.4, 0.5) is 11.6 Å². The van der Waals surface area contributed by atoms with Crippen LogP contribution in [0.25, 0.3) is 0 Å². The van der Waals surface area contributed by atoms with Crippen LogP contribution < -0.4 is 24.8 Å². The summed E-state index contributed by atoms with van der Waals surface area (Å²) >= 11 is 1.66. The van der Waals surface area contributed by atoms with Gasteiger partial charge in [0.05, 0.1) is 27.4 Å². The van der Waals surface area contributed by atoms with Crippen LogP contribution in [-0.2, 0) is 4.79 Å². The number of nitrogens with zero attached hydrogens (tertiary/aromatic N) is 2. The fourth-order valence-electron chi connectivity index (χ4n) is 4.34. The first-order chi connectivity index (χ1) is 15.6. The van der Waals surface area contributed by atoms with Crippen molar-refractivity contribution in [2.24, 2.45) is 0 Å². The van der Waals surface area contributed by atoms with E-state index in [4.69, 9.17) is 18.8 Å². The summed E-state index contributed by atoms with van der Waals surface area (Å²) in [4.78, 5) is 14.7. The second-order valence-electron chi connectivity index (χ2n) is 7.55. The summed E-state index contributed by atoms with van der Waals surface area (Å²) in [6.07, 6.45) is 1.09. The van der Waals surface area contributed by atoms with Gasteiger partial charge in [0.2, 0.25) is 11.6 Å². The second-order valence-corrected chi connectivity index (χ2v) is 8.53. The molecule has 0 unspecified atom stereocenters. The lowest BCUT2D eigenvalue weighted by atomic mass is 9.80. The molecule has 2 atom stereocenters. The summed E-state index contributed by atoms with van der Waals surface area (Å²) in [5, 5.41) is 16.6. The molecule has 0 saturated heterocycles. The van der Waals surface area contributed by atoms with E-state index in [2.05, 4.69) is 27.0 Å². The summed E-state index contributed by atoms with van der Waals surface area (Å²) in [6, 6.07) is 7.10. The SMILES string of the molecule is COc1cc(OC)c([C@@H]2Nc3nonc3NC3=C2C(=O)C[C@@H](c2cccs2)C3)cc1OC. The second kappa shape index (κ2) is 8.19. The van der Waals surface area contributed by atoms with E-state index in [0.717, 1.165) is 11.3 Å². The summed E-state index contributed by atoms with van der Waals surface area (Å²) in [5.74, 6) is 2.63. The van der Waals surface area contributed by atoms with Crippen LogP contribution in [0.5, 0.6) is 17.2 Å². The Morgan fingerprint density at radius 2 is 1.78 bits per heavy atom. The standard InChI is InChI=1S/C22H22N4O5S/c1-28-15-10-17(30-3)16(29-2)9-12(15)20-19-13(23-21-22(24-20)26-31-25-21)7-11(8-14(19)27)18-5-4-6-32-18/h4-6,9-11,20H,7-8H2,1-3H3,(H,23,25)(H,24,26)/t11-,20-/m0/s1. The maximum Gasteiger partial charge on any atom is 0.219 e. The van der Waals surface area contributed by atoms with E-state index in [1.54, 1.807) is 38.7 Å². The Morgan fingerprint density at radius 1 is 1.03 bits per heavy atom. The predicted molar refractivity (Wildman–Crippen MR) is 119 cm³/mol. The van der Waals surface area contributed by atoms with Crippen LogP contribution in [0.15, 0.2) is 45.5 Å². The first-order valence-electron chi connectivity index (χ1n) is 10.1. The molecule has 0 spiro atoms. The van der Waals surface area contributed by atoms with Crippen LogP contribution >= 0.6 is 11.3 Å². The van der Waals surface area contributed by atoms with Crippen LogP contribution in [0.2, 0.25) is 0 Å². The third-order valence-corrected chi connectivity index (χ3v) is 6.86. The molecule has 0 fully saturated rings. The van der Waals surface area contributed by atoms with Gasteiger partial charge in [-0.05, 0) is 34.2 Å². The molecule has 3 aromatic rings. The Labute approximate surface area is 188 Å². The average Bonchev–Trinajstić information content (AvgIpc) is 3.47. The van der Waals surface area contributed by atoms with E-state index in [-0.39, 0.29) is 11.7 Å². The van der Waals surface area contributed by atoms with Gasteiger partial charge in [-0.3, -0.25) is 4.79 Å². The molecular formula is C22H22N4O5S. The molecule has 32 heavy (non-hydrogen) atoms. The number of carbonyl (C=O) groups is 1. The van der Waals surface area contributed by atoms with Crippen molar-refractivity contribution in [3.63, 3.8) is 0 Å². The minimum Gasteiger partial charge on any atom is -0.496 e. The lowest BCUT2D eigenvalue weighted by Crippen LogP contribution is -2.27. The van der Waals surface area contributed by atoms with E-state index < -0.39 is 6.04 Å². The highest BCUT2D eigenvalue weighted by Crippen LogP contribution is 2.47. The number of carbonyl (C=O) groups excluding carboxylic acids is 1. The number of hydrogen-bond acceptors (Lipinski definition) is 10. The van der Waals surface area contributed by atoms with Gasteiger partial charge in [0.15, 0.2) is 17.3 Å². The predicted octanol–water partition coefficient (Wildman–Crippen LogP) is 4.14. The monoisotopic (exact) mass is 454 g/mol. The van der Waals surface area contributed by atoms with Crippen molar-refractivity contribution in [3.05, 3.63) is 51.4 Å². The van der Waals surface area contributed by atoms with Crippen molar-refractivity contribution in [2.75, 3.05) is 32.0 Å². The molecular weight excluding hydrogens is 432 g/mol. The van der Waals surface area contributed by atoms with Crippen molar-refractivity contribution in [1.29, 1.82) is 0 Å². The fourth-order valence-corrected chi connectivity index (χ4v) is 5.17. The number of ketones is 1. The van der Waals surface area contributed by atoms with Crippen molar-refractivity contribution in [1.82, 2.24) is 10.3 Å². The number of methoxy groups -OCH3 is 3. The van der Waals surface area contributed by atoms with E-state index in [1.807, 2.05) is 17.5 Å². The van der Waals surface area contributed by atoms with Gasteiger partial charge in [0, 0.05) is 40.1 Å². The Bertz CT molecular complexity index is 1190. The zero-order valence-electron chi connectivity index (χ0n) is 17.8. The molecule has 0 amide bonds. The topological polar surface area (TPSA) is 108 Å². The normalized spacial score (nSPS) is 19.9. The number of fused-ring (bicyclic) bond motifs is 1. The molecule has 10 heteroatoms. The van der Waals surface area contributed by atoms with Gasteiger partial charge in [-0.2, -0.15) is 0 Å². The molecule has 0 bridgehead atoms. The van der Waals surface area contributed by atoms with Gasteiger partial charge < -0.3 is 24.8 Å². The van der Waals surface area contributed by atoms with Gasteiger partial charge >= 0.3 is 0 Å². The van der Waals surface area contributed by atoms with Crippen molar-refractivity contribution in [2.45, 2.75) is 24.8 Å². The third-order valence-electron chi connectivity index (χ3n) is 5.83. The van der Waals surface area contributed by atoms with Crippen LogP contribution in [-0.4, -0.2) is 37.4 Å². The minimum atomic E-state index is -0.544. The van der Waals surface area contributed by atoms with E-state index in [9.17, 15) is 4.79 Å². The Hall–Kier alpha value is -3.53. The molecule has 0 saturated carbocycles. The van der Waals surface area contributed by atoms with Gasteiger partial charge in [-0.25, -0.2) is 4.63 Å². The van der Waals surface area contributed by atoms with Crippen LogP contribution in [0, 0.1) is 0 Å². The summed E-state index contributed by atoms with van der Waals surface area (Å²) in [6.45, 7) is 0. The number of ether oxygens (including phenoxy) is 3. The van der Waals surface area contributed by atoms with Gasteiger partial charge in [-0.1, -0.05) is 6.07 Å². The minimum absolute atomic E-state index is 0.0496. The number of nitrogens with one attached hydrogen (secondary N) is 2. The molecule has 9 nitrogen and oxygen atoms in total. The van der Waals surface area contributed by atoms with Crippen molar-refractivity contribution in [3.8, 4) is 17.2 Å². The Kier molecular flexibility index (Phi) is 5.22. The summed E-state index contributed by atoms with van der Waals surface area (Å²) in [5.41, 5.74) is 2.14. The molecule has 2 N–H and O–H groups in total. The third kappa shape index (κ3) is 3.36. The van der Waals surface area contributed by atoms with E-state index >= 15 is 0 Å². The maximum absolute atomic E-state index is 13.5.